The summed E-state index contributed by atoms with van der Waals surface area (Å²) in [7, 11) is 0. The lowest BCUT2D eigenvalue weighted by Crippen LogP contribution is -2.08. The van der Waals surface area contributed by atoms with Crippen LogP contribution < -0.4 is 9.47 Å². The largest absolute Gasteiger partial charge is 0.494 e. The van der Waals surface area contributed by atoms with Crippen molar-refractivity contribution in [3.05, 3.63) is 66.5 Å². The molecule has 0 atom stereocenters. The number of aromatic nitrogens is 2. The fourth-order valence-corrected chi connectivity index (χ4v) is 3.40. The number of H-pyrrole nitrogens is 1. The van der Waals surface area contributed by atoms with Crippen LogP contribution in [0.4, 0.5) is 0 Å². The number of ether oxygens (including phenoxy) is 2. The second-order valence-corrected chi connectivity index (χ2v) is 7.75. The molecular formula is C26H32N2O3. The van der Waals surface area contributed by atoms with Gasteiger partial charge in [0.05, 0.1) is 18.4 Å². The highest BCUT2D eigenvalue weighted by Gasteiger charge is 2.09. The van der Waals surface area contributed by atoms with Gasteiger partial charge in [-0.1, -0.05) is 64.0 Å². The number of hydrogen-bond acceptors (Lipinski definition) is 4. The third kappa shape index (κ3) is 7.59. The molecule has 0 fully saturated rings. The van der Waals surface area contributed by atoms with E-state index in [1.54, 1.807) is 30.5 Å². The molecule has 0 aliphatic heterocycles. The molecule has 0 aliphatic rings. The van der Waals surface area contributed by atoms with Gasteiger partial charge in [-0.25, -0.2) is 4.79 Å². The van der Waals surface area contributed by atoms with Gasteiger partial charge in [-0.15, -0.1) is 0 Å². The first kappa shape index (κ1) is 22.6. The molecule has 0 saturated carbocycles. The van der Waals surface area contributed by atoms with Gasteiger partial charge in [-0.3, -0.25) is 5.10 Å². The van der Waals surface area contributed by atoms with Crippen molar-refractivity contribution in [2.45, 2.75) is 58.3 Å². The van der Waals surface area contributed by atoms with Crippen LogP contribution in [0.3, 0.4) is 0 Å². The maximum atomic E-state index is 12.4. The highest BCUT2D eigenvalue weighted by molar-refractivity contribution is 5.91. The number of benzene rings is 2. The summed E-state index contributed by atoms with van der Waals surface area (Å²) in [6, 6.07) is 14.5. The number of carbonyl (C=O) groups is 1. The minimum Gasteiger partial charge on any atom is -0.494 e. The predicted molar refractivity (Wildman–Crippen MR) is 124 cm³/mol. The van der Waals surface area contributed by atoms with E-state index in [1.807, 2.05) is 30.5 Å². The van der Waals surface area contributed by atoms with Crippen molar-refractivity contribution in [1.29, 1.82) is 0 Å². The van der Waals surface area contributed by atoms with Crippen LogP contribution in [-0.2, 0) is 0 Å². The summed E-state index contributed by atoms with van der Waals surface area (Å²) >= 11 is 0. The van der Waals surface area contributed by atoms with Crippen molar-refractivity contribution >= 4 is 5.97 Å². The lowest BCUT2D eigenvalue weighted by Gasteiger charge is -2.08. The van der Waals surface area contributed by atoms with Gasteiger partial charge in [0.15, 0.2) is 0 Å². The van der Waals surface area contributed by atoms with Gasteiger partial charge in [0.2, 0.25) is 0 Å². The fourth-order valence-electron chi connectivity index (χ4n) is 3.40. The van der Waals surface area contributed by atoms with Crippen LogP contribution in [-0.4, -0.2) is 22.8 Å². The average molecular weight is 421 g/mol. The van der Waals surface area contributed by atoms with Crippen LogP contribution >= 0.6 is 0 Å². The number of aromatic amines is 1. The number of unbranched alkanes of at least 4 members (excludes halogenated alkanes) is 7. The predicted octanol–water partition coefficient (Wildman–Crippen LogP) is 6.82. The third-order valence-corrected chi connectivity index (χ3v) is 5.25. The van der Waals surface area contributed by atoms with Crippen molar-refractivity contribution in [2.24, 2.45) is 0 Å². The number of carbonyl (C=O) groups excluding carboxylic acids is 1. The van der Waals surface area contributed by atoms with Crippen LogP contribution in [0.1, 0.15) is 68.6 Å². The second kappa shape index (κ2) is 12.6. The molecule has 2 aromatic carbocycles. The Kier molecular flexibility index (Phi) is 9.17. The number of nitrogens with one attached hydrogen (secondary N) is 1. The molecule has 5 nitrogen and oxygen atoms in total. The van der Waals surface area contributed by atoms with Gasteiger partial charge in [-0.2, -0.15) is 5.10 Å². The highest BCUT2D eigenvalue weighted by Crippen LogP contribution is 2.22. The number of rotatable bonds is 13. The topological polar surface area (TPSA) is 64.2 Å². The van der Waals surface area contributed by atoms with E-state index in [9.17, 15) is 4.79 Å². The molecule has 0 saturated heterocycles. The zero-order chi connectivity index (χ0) is 21.7. The van der Waals surface area contributed by atoms with Gasteiger partial charge >= 0.3 is 5.97 Å². The summed E-state index contributed by atoms with van der Waals surface area (Å²) in [5.74, 6) is 0.905. The minimum absolute atomic E-state index is 0.384. The zero-order valence-corrected chi connectivity index (χ0v) is 18.3. The Bertz CT molecular complexity index is 887. The Morgan fingerprint density at radius 1 is 0.806 bits per heavy atom. The first-order valence-electron chi connectivity index (χ1n) is 11.3. The zero-order valence-electron chi connectivity index (χ0n) is 18.3. The molecule has 1 N–H and O–H groups in total. The van der Waals surface area contributed by atoms with Gasteiger partial charge in [0, 0.05) is 11.8 Å². The standard InChI is InChI=1S/C26H32N2O3/c1-2-3-4-5-6-7-8-9-18-30-24-14-12-22(13-15-24)26(29)31-25-16-10-21(11-17-25)23-19-27-28-20-23/h10-17,19-20H,2-9,18H2,1H3,(H,27,28). The summed E-state index contributed by atoms with van der Waals surface area (Å²) < 4.78 is 11.3. The quantitative estimate of drug-likeness (QED) is 0.187. The molecule has 0 bridgehead atoms. The highest BCUT2D eigenvalue weighted by atomic mass is 16.5. The average Bonchev–Trinajstić information content (AvgIpc) is 3.34. The van der Waals surface area contributed by atoms with Crippen LogP contribution in [0.25, 0.3) is 11.1 Å². The Labute approximate surface area is 184 Å². The molecule has 0 aliphatic carbocycles. The molecular weight excluding hydrogens is 388 g/mol. The fraction of sp³-hybridized carbons (Fsp3) is 0.385. The van der Waals surface area contributed by atoms with Crippen molar-refractivity contribution in [3.8, 4) is 22.6 Å². The Morgan fingerprint density at radius 2 is 1.45 bits per heavy atom. The summed E-state index contributed by atoms with van der Waals surface area (Å²) in [4.78, 5) is 12.4. The van der Waals surface area contributed by atoms with E-state index < -0.39 is 0 Å². The Hall–Kier alpha value is -3.08. The van der Waals surface area contributed by atoms with Crippen molar-refractivity contribution in [3.63, 3.8) is 0 Å². The molecule has 0 radical (unpaired) electrons. The Morgan fingerprint density at radius 3 is 2.10 bits per heavy atom. The van der Waals surface area contributed by atoms with E-state index >= 15 is 0 Å². The first-order chi connectivity index (χ1) is 15.3. The van der Waals surface area contributed by atoms with E-state index in [0.717, 1.165) is 23.3 Å². The number of hydrogen-bond donors (Lipinski definition) is 1. The van der Waals surface area contributed by atoms with Crippen molar-refractivity contribution < 1.29 is 14.3 Å². The molecule has 3 rings (SSSR count). The summed E-state index contributed by atoms with van der Waals surface area (Å²) in [5, 5.41) is 6.72. The Balaban J connectivity index is 1.37. The van der Waals surface area contributed by atoms with E-state index in [-0.39, 0.29) is 5.97 Å². The molecule has 3 aromatic rings. The monoisotopic (exact) mass is 420 g/mol. The normalized spacial score (nSPS) is 10.7. The third-order valence-electron chi connectivity index (χ3n) is 5.25. The molecule has 0 spiro atoms. The van der Waals surface area contributed by atoms with Gasteiger partial charge in [-0.05, 0) is 48.4 Å². The lowest BCUT2D eigenvalue weighted by atomic mass is 10.1. The molecule has 0 amide bonds. The summed E-state index contributed by atoms with van der Waals surface area (Å²) in [6.45, 7) is 2.96. The number of nitrogens with zero attached hydrogens (tertiary/aromatic N) is 1. The molecule has 1 aromatic heterocycles. The molecule has 164 valence electrons. The number of esters is 1. The second-order valence-electron chi connectivity index (χ2n) is 7.75. The van der Waals surface area contributed by atoms with E-state index in [4.69, 9.17) is 9.47 Å². The smallest absolute Gasteiger partial charge is 0.343 e. The molecule has 1 heterocycles. The van der Waals surface area contributed by atoms with Gasteiger partial charge in [0.25, 0.3) is 0 Å². The van der Waals surface area contributed by atoms with Gasteiger partial charge < -0.3 is 9.47 Å². The van der Waals surface area contributed by atoms with Crippen LogP contribution in [0.5, 0.6) is 11.5 Å². The van der Waals surface area contributed by atoms with Crippen molar-refractivity contribution in [1.82, 2.24) is 10.2 Å². The van der Waals surface area contributed by atoms with Crippen molar-refractivity contribution in [2.75, 3.05) is 6.61 Å². The van der Waals surface area contributed by atoms with Crippen LogP contribution in [0.15, 0.2) is 60.9 Å². The maximum Gasteiger partial charge on any atom is 0.343 e. The maximum absolute atomic E-state index is 12.4. The SMILES string of the molecule is CCCCCCCCCCOc1ccc(C(=O)Oc2ccc(-c3cn[nH]c3)cc2)cc1. The van der Waals surface area contributed by atoms with E-state index in [1.165, 1.54) is 44.9 Å². The molecule has 5 heteroatoms. The summed E-state index contributed by atoms with van der Waals surface area (Å²) in [5.41, 5.74) is 2.49. The van der Waals surface area contributed by atoms with Crippen LogP contribution in [0, 0.1) is 0 Å². The molecule has 31 heavy (non-hydrogen) atoms. The summed E-state index contributed by atoms with van der Waals surface area (Å²) in [6.07, 6.45) is 13.8. The van der Waals surface area contributed by atoms with Gasteiger partial charge in [0.1, 0.15) is 11.5 Å². The molecule has 0 unspecified atom stereocenters. The lowest BCUT2D eigenvalue weighted by molar-refractivity contribution is 0.0734. The van der Waals surface area contributed by atoms with Crippen LogP contribution in [0.2, 0.25) is 0 Å². The van der Waals surface area contributed by atoms with E-state index in [0.29, 0.717) is 17.9 Å². The first-order valence-corrected chi connectivity index (χ1v) is 11.3. The minimum atomic E-state index is -0.384. The van der Waals surface area contributed by atoms with E-state index in [2.05, 4.69) is 17.1 Å².